The van der Waals surface area contributed by atoms with Crippen LogP contribution in [0.15, 0.2) is 29.6 Å². The second kappa shape index (κ2) is 4.58. The van der Waals surface area contributed by atoms with Gasteiger partial charge in [-0.1, -0.05) is 35.4 Å². The second-order valence-corrected chi connectivity index (χ2v) is 5.33. The highest BCUT2D eigenvalue weighted by Crippen LogP contribution is 2.32. The highest BCUT2D eigenvalue weighted by atomic mass is 35.5. The van der Waals surface area contributed by atoms with Crippen molar-refractivity contribution < 1.29 is 0 Å². The van der Waals surface area contributed by atoms with E-state index >= 15 is 0 Å². The van der Waals surface area contributed by atoms with Gasteiger partial charge in [0.25, 0.3) is 0 Å². The summed E-state index contributed by atoms with van der Waals surface area (Å²) in [6.07, 6.45) is 0. The molecule has 2 aromatic rings. The van der Waals surface area contributed by atoms with Gasteiger partial charge in [0, 0.05) is 4.88 Å². The average Bonchev–Trinajstić information content (AvgIpc) is 2.67. The normalized spacial score (nSPS) is 12.8. The molecule has 84 valence electrons. The molecule has 0 fully saturated rings. The standard InChI is InChI=1S/C13H14ClNS/c1-8-3-4-9(2)10(7-8)12(15)13-11(14)5-6-16-13/h3-7,12H,15H2,1-2H3. The van der Waals surface area contributed by atoms with E-state index in [1.807, 2.05) is 11.4 Å². The van der Waals surface area contributed by atoms with Crippen LogP contribution in [0.2, 0.25) is 5.02 Å². The molecule has 2 rings (SSSR count). The van der Waals surface area contributed by atoms with Crippen LogP contribution in [0.3, 0.4) is 0 Å². The van der Waals surface area contributed by atoms with E-state index in [1.165, 1.54) is 11.1 Å². The number of hydrogen-bond donors (Lipinski definition) is 1. The zero-order valence-corrected chi connectivity index (χ0v) is 10.9. The minimum atomic E-state index is -0.118. The quantitative estimate of drug-likeness (QED) is 0.856. The van der Waals surface area contributed by atoms with Crippen molar-refractivity contribution in [3.8, 4) is 0 Å². The van der Waals surface area contributed by atoms with Gasteiger partial charge < -0.3 is 5.73 Å². The fourth-order valence-electron chi connectivity index (χ4n) is 1.76. The number of aryl methyl sites for hydroxylation is 2. The maximum absolute atomic E-state index is 6.26. The highest BCUT2D eigenvalue weighted by molar-refractivity contribution is 7.10. The summed E-state index contributed by atoms with van der Waals surface area (Å²) in [5.41, 5.74) is 9.85. The monoisotopic (exact) mass is 251 g/mol. The van der Waals surface area contributed by atoms with E-state index < -0.39 is 0 Å². The van der Waals surface area contributed by atoms with Crippen LogP contribution in [0.25, 0.3) is 0 Å². The second-order valence-electron chi connectivity index (χ2n) is 3.97. The van der Waals surface area contributed by atoms with E-state index in [0.29, 0.717) is 0 Å². The Hall–Kier alpha value is -0.830. The molecular weight excluding hydrogens is 238 g/mol. The van der Waals surface area contributed by atoms with Crippen molar-refractivity contribution >= 4 is 22.9 Å². The van der Waals surface area contributed by atoms with Crippen molar-refractivity contribution in [3.05, 3.63) is 56.2 Å². The van der Waals surface area contributed by atoms with Crippen molar-refractivity contribution in [2.75, 3.05) is 0 Å². The largest absolute Gasteiger partial charge is 0.320 e. The van der Waals surface area contributed by atoms with Gasteiger partial charge in [-0.2, -0.15) is 0 Å². The predicted octanol–water partition coefficient (Wildman–Crippen LogP) is 4.07. The average molecular weight is 252 g/mol. The molecule has 0 radical (unpaired) electrons. The number of halogens is 1. The SMILES string of the molecule is Cc1ccc(C)c(C(N)c2sccc2Cl)c1. The molecule has 1 aromatic heterocycles. The Morgan fingerprint density at radius 3 is 2.62 bits per heavy atom. The molecule has 2 N–H and O–H groups in total. The Morgan fingerprint density at radius 1 is 1.25 bits per heavy atom. The Kier molecular flexibility index (Phi) is 3.33. The molecule has 0 bridgehead atoms. The lowest BCUT2D eigenvalue weighted by molar-refractivity contribution is 0.880. The Balaban J connectivity index is 2.45. The predicted molar refractivity (Wildman–Crippen MR) is 71.3 cm³/mol. The molecule has 0 aliphatic rings. The number of thiophene rings is 1. The topological polar surface area (TPSA) is 26.0 Å². The van der Waals surface area contributed by atoms with Crippen molar-refractivity contribution in [1.82, 2.24) is 0 Å². The van der Waals surface area contributed by atoms with Gasteiger partial charge in [-0.25, -0.2) is 0 Å². The van der Waals surface area contributed by atoms with Crippen molar-refractivity contribution in [2.24, 2.45) is 5.73 Å². The summed E-state index contributed by atoms with van der Waals surface area (Å²) < 4.78 is 0. The first-order valence-corrected chi connectivity index (χ1v) is 6.41. The Labute approximate surface area is 105 Å². The van der Waals surface area contributed by atoms with Gasteiger partial charge in [0.1, 0.15) is 0 Å². The minimum Gasteiger partial charge on any atom is -0.320 e. The number of benzene rings is 1. The molecule has 1 nitrogen and oxygen atoms in total. The van der Waals surface area contributed by atoms with Gasteiger partial charge >= 0.3 is 0 Å². The van der Waals surface area contributed by atoms with Gasteiger partial charge in [-0.15, -0.1) is 11.3 Å². The zero-order valence-electron chi connectivity index (χ0n) is 9.33. The van der Waals surface area contributed by atoms with Crippen LogP contribution in [0.1, 0.15) is 27.6 Å². The third-order valence-corrected chi connectivity index (χ3v) is 4.14. The van der Waals surface area contributed by atoms with E-state index in [9.17, 15) is 0 Å². The lowest BCUT2D eigenvalue weighted by atomic mass is 9.98. The summed E-state index contributed by atoms with van der Waals surface area (Å²) in [7, 11) is 0. The number of nitrogens with two attached hydrogens (primary N) is 1. The lowest BCUT2D eigenvalue weighted by Gasteiger charge is -2.14. The van der Waals surface area contributed by atoms with Crippen LogP contribution in [-0.2, 0) is 0 Å². The molecule has 1 atom stereocenters. The molecule has 1 unspecified atom stereocenters. The smallest absolute Gasteiger partial charge is 0.0663 e. The van der Waals surface area contributed by atoms with E-state index in [1.54, 1.807) is 11.3 Å². The summed E-state index contributed by atoms with van der Waals surface area (Å²) in [5, 5.41) is 2.74. The summed E-state index contributed by atoms with van der Waals surface area (Å²) in [6, 6.07) is 8.11. The fourth-order valence-corrected chi connectivity index (χ4v) is 2.96. The minimum absolute atomic E-state index is 0.118. The summed E-state index contributed by atoms with van der Waals surface area (Å²) in [5.74, 6) is 0. The molecule has 0 aliphatic heterocycles. The Bertz CT molecular complexity index is 504. The van der Waals surface area contributed by atoms with E-state index in [4.69, 9.17) is 17.3 Å². The first-order valence-electron chi connectivity index (χ1n) is 5.15. The van der Waals surface area contributed by atoms with Gasteiger partial charge in [0.15, 0.2) is 0 Å². The van der Waals surface area contributed by atoms with E-state index in [-0.39, 0.29) is 6.04 Å². The van der Waals surface area contributed by atoms with Crippen molar-refractivity contribution in [1.29, 1.82) is 0 Å². The van der Waals surface area contributed by atoms with Crippen molar-refractivity contribution in [2.45, 2.75) is 19.9 Å². The van der Waals surface area contributed by atoms with Crippen LogP contribution >= 0.6 is 22.9 Å². The molecule has 16 heavy (non-hydrogen) atoms. The molecule has 1 aromatic carbocycles. The fraction of sp³-hybridized carbons (Fsp3) is 0.231. The summed E-state index contributed by atoms with van der Waals surface area (Å²) in [6.45, 7) is 4.15. The van der Waals surface area contributed by atoms with E-state index in [0.717, 1.165) is 15.5 Å². The Morgan fingerprint density at radius 2 is 2.00 bits per heavy atom. The molecule has 3 heteroatoms. The zero-order chi connectivity index (χ0) is 11.7. The molecule has 0 amide bonds. The lowest BCUT2D eigenvalue weighted by Crippen LogP contribution is -2.12. The van der Waals surface area contributed by atoms with Crippen molar-refractivity contribution in [3.63, 3.8) is 0 Å². The van der Waals surface area contributed by atoms with Crippen LogP contribution < -0.4 is 5.73 Å². The molecule has 0 aliphatic carbocycles. The first kappa shape index (κ1) is 11.6. The van der Waals surface area contributed by atoms with Gasteiger partial charge in [0.05, 0.1) is 11.1 Å². The first-order chi connectivity index (χ1) is 7.59. The molecule has 0 spiro atoms. The summed E-state index contributed by atoms with van der Waals surface area (Å²) in [4.78, 5) is 1.04. The van der Waals surface area contributed by atoms with Gasteiger partial charge in [-0.05, 0) is 36.4 Å². The maximum atomic E-state index is 6.26. The van der Waals surface area contributed by atoms with Crippen LogP contribution in [-0.4, -0.2) is 0 Å². The highest BCUT2D eigenvalue weighted by Gasteiger charge is 2.15. The van der Waals surface area contributed by atoms with Gasteiger partial charge in [0.2, 0.25) is 0 Å². The number of rotatable bonds is 2. The van der Waals surface area contributed by atoms with Crippen LogP contribution in [0.5, 0.6) is 0 Å². The molecular formula is C13H14ClNS. The third-order valence-electron chi connectivity index (χ3n) is 2.70. The third kappa shape index (κ3) is 2.14. The number of hydrogen-bond acceptors (Lipinski definition) is 2. The molecule has 0 saturated carbocycles. The summed E-state index contributed by atoms with van der Waals surface area (Å²) >= 11 is 7.72. The van der Waals surface area contributed by atoms with Crippen LogP contribution in [0, 0.1) is 13.8 Å². The van der Waals surface area contributed by atoms with Gasteiger partial charge in [-0.3, -0.25) is 0 Å². The molecule has 1 heterocycles. The molecule has 0 saturated heterocycles. The van der Waals surface area contributed by atoms with E-state index in [2.05, 4.69) is 32.0 Å². The maximum Gasteiger partial charge on any atom is 0.0663 e. The van der Waals surface area contributed by atoms with Crippen LogP contribution in [0.4, 0.5) is 0 Å².